The molecular weight excluding hydrogens is 416 g/mol. The van der Waals surface area contributed by atoms with Crippen LogP contribution >= 0.6 is 0 Å². The van der Waals surface area contributed by atoms with Crippen molar-refractivity contribution in [3.8, 4) is 23.3 Å². The molecule has 7 heteroatoms. The van der Waals surface area contributed by atoms with Crippen molar-refractivity contribution in [1.29, 1.82) is 5.26 Å². The van der Waals surface area contributed by atoms with E-state index in [-0.39, 0.29) is 17.5 Å². The number of aryl methyl sites for hydroxylation is 1. The molecule has 0 aliphatic carbocycles. The molecule has 0 radical (unpaired) electrons. The Morgan fingerprint density at radius 1 is 1.06 bits per heavy atom. The lowest BCUT2D eigenvalue weighted by Crippen LogP contribution is -2.26. The molecule has 0 aliphatic rings. The number of aromatic nitrogens is 1. The molecule has 7 nitrogen and oxygen atoms in total. The molecule has 0 N–H and O–H groups in total. The minimum absolute atomic E-state index is 0.0406. The van der Waals surface area contributed by atoms with Gasteiger partial charge in [0, 0.05) is 11.1 Å². The number of ether oxygens (including phenoxy) is 1. The summed E-state index contributed by atoms with van der Waals surface area (Å²) in [7, 11) is 1.59. The number of carbonyl (C=O) groups excluding carboxylic acids is 1. The third-order valence-corrected chi connectivity index (χ3v) is 4.86. The standard InChI is InChI=1S/C26H20N4O3/c1-18-8-12-21(13-9-18)25(31)30(28-17-19-10-14-22(32-2)15-11-19)26-23(16-27)29-24(33-26)20-6-4-3-5-7-20/h3-15,17H,1-2H3/b28-17-. The van der Waals surface area contributed by atoms with Gasteiger partial charge < -0.3 is 9.15 Å². The van der Waals surface area contributed by atoms with Gasteiger partial charge in [-0.3, -0.25) is 4.79 Å². The van der Waals surface area contributed by atoms with Gasteiger partial charge in [-0.15, -0.1) is 0 Å². The summed E-state index contributed by atoms with van der Waals surface area (Å²) in [6.07, 6.45) is 1.51. The van der Waals surface area contributed by atoms with Crippen molar-refractivity contribution in [3.63, 3.8) is 0 Å². The molecule has 0 bridgehead atoms. The van der Waals surface area contributed by atoms with Gasteiger partial charge in [0.25, 0.3) is 11.8 Å². The lowest BCUT2D eigenvalue weighted by Gasteiger charge is -2.14. The van der Waals surface area contributed by atoms with Gasteiger partial charge in [0.05, 0.1) is 13.3 Å². The van der Waals surface area contributed by atoms with Crippen molar-refractivity contribution in [2.75, 3.05) is 12.1 Å². The van der Waals surface area contributed by atoms with Gasteiger partial charge in [0.2, 0.25) is 11.6 Å². The Morgan fingerprint density at radius 2 is 1.76 bits per heavy atom. The molecule has 1 aromatic heterocycles. The number of hydrogen-bond acceptors (Lipinski definition) is 6. The number of nitrogens with zero attached hydrogens (tertiary/aromatic N) is 4. The van der Waals surface area contributed by atoms with Gasteiger partial charge in [-0.05, 0) is 61.0 Å². The highest BCUT2D eigenvalue weighted by atomic mass is 16.5. The third kappa shape index (κ3) is 4.81. The molecule has 0 aliphatic heterocycles. The van der Waals surface area contributed by atoms with E-state index >= 15 is 0 Å². The normalized spacial score (nSPS) is 10.7. The van der Waals surface area contributed by atoms with Crippen molar-refractivity contribution >= 4 is 18.0 Å². The van der Waals surface area contributed by atoms with Crippen molar-refractivity contribution in [1.82, 2.24) is 4.98 Å². The highest BCUT2D eigenvalue weighted by Crippen LogP contribution is 2.29. The third-order valence-electron chi connectivity index (χ3n) is 4.86. The zero-order valence-corrected chi connectivity index (χ0v) is 18.1. The summed E-state index contributed by atoms with van der Waals surface area (Å²) in [6.45, 7) is 1.93. The minimum atomic E-state index is -0.452. The van der Waals surface area contributed by atoms with E-state index in [1.807, 2.05) is 55.5 Å². The number of hydrogen-bond donors (Lipinski definition) is 0. The molecule has 1 amide bonds. The first-order valence-corrected chi connectivity index (χ1v) is 10.1. The molecule has 0 fully saturated rings. The second kappa shape index (κ2) is 9.62. The zero-order valence-electron chi connectivity index (χ0n) is 18.1. The fourth-order valence-electron chi connectivity index (χ4n) is 3.06. The number of oxazole rings is 1. The van der Waals surface area contributed by atoms with Crippen LogP contribution in [0.1, 0.15) is 27.2 Å². The molecular formula is C26H20N4O3. The molecule has 33 heavy (non-hydrogen) atoms. The van der Waals surface area contributed by atoms with E-state index in [2.05, 4.69) is 10.1 Å². The van der Waals surface area contributed by atoms with E-state index in [0.29, 0.717) is 16.9 Å². The first kappa shape index (κ1) is 21.5. The van der Waals surface area contributed by atoms with Gasteiger partial charge in [-0.1, -0.05) is 35.9 Å². The van der Waals surface area contributed by atoms with Crippen molar-refractivity contribution in [3.05, 3.63) is 101 Å². The van der Waals surface area contributed by atoms with Crippen LogP contribution in [-0.4, -0.2) is 24.2 Å². The predicted molar refractivity (Wildman–Crippen MR) is 125 cm³/mol. The van der Waals surface area contributed by atoms with E-state index < -0.39 is 5.91 Å². The number of carbonyl (C=O) groups is 1. The smallest absolute Gasteiger partial charge is 0.281 e. The van der Waals surface area contributed by atoms with Gasteiger partial charge >= 0.3 is 0 Å². The van der Waals surface area contributed by atoms with Crippen LogP contribution in [-0.2, 0) is 0 Å². The molecule has 0 unspecified atom stereocenters. The van der Waals surface area contributed by atoms with E-state index in [9.17, 15) is 10.1 Å². The molecule has 4 aromatic rings. The quantitative estimate of drug-likeness (QED) is 0.306. The van der Waals surface area contributed by atoms with Gasteiger partial charge in [-0.2, -0.15) is 20.4 Å². The molecule has 4 rings (SSSR count). The van der Waals surface area contributed by atoms with Crippen LogP contribution in [0, 0.1) is 18.3 Å². The number of hydrazone groups is 1. The maximum atomic E-state index is 13.4. The fourth-order valence-corrected chi connectivity index (χ4v) is 3.06. The Bertz CT molecular complexity index is 1320. The Labute approximate surface area is 191 Å². The van der Waals surface area contributed by atoms with E-state index in [4.69, 9.17) is 9.15 Å². The predicted octanol–water partition coefficient (Wildman–Crippen LogP) is 5.21. The Hall–Kier alpha value is -4.70. The number of anilines is 1. The van der Waals surface area contributed by atoms with Crippen molar-refractivity contribution in [2.45, 2.75) is 6.92 Å². The van der Waals surface area contributed by atoms with E-state index in [1.54, 1.807) is 43.5 Å². The maximum absolute atomic E-state index is 13.4. The van der Waals surface area contributed by atoms with Crippen molar-refractivity contribution in [2.24, 2.45) is 5.10 Å². The summed E-state index contributed by atoms with van der Waals surface area (Å²) in [5, 5.41) is 15.1. The first-order chi connectivity index (χ1) is 16.1. The maximum Gasteiger partial charge on any atom is 0.281 e. The minimum Gasteiger partial charge on any atom is -0.497 e. The Kier molecular flexibility index (Phi) is 6.28. The van der Waals surface area contributed by atoms with Crippen LogP contribution in [0.15, 0.2) is 88.4 Å². The fraction of sp³-hybridized carbons (Fsp3) is 0.0769. The molecule has 0 saturated heterocycles. The van der Waals surface area contributed by atoms with Crippen LogP contribution in [0.3, 0.4) is 0 Å². The SMILES string of the molecule is COc1ccc(/C=N\N(C(=O)c2ccc(C)cc2)c2oc(-c3ccccc3)nc2C#N)cc1. The number of benzene rings is 3. The Morgan fingerprint density at radius 3 is 2.39 bits per heavy atom. The van der Waals surface area contributed by atoms with Crippen LogP contribution < -0.4 is 9.75 Å². The van der Waals surface area contributed by atoms with Crippen LogP contribution in [0.5, 0.6) is 5.75 Å². The second-order valence-corrected chi connectivity index (χ2v) is 7.15. The Balaban J connectivity index is 1.77. The summed E-state index contributed by atoms with van der Waals surface area (Å²) >= 11 is 0. The summed E-state index contributed by atoms with van der Waals surface area (Å²) in [5.41, 5.74) is 2.79. The lowest BCUT2D eigenvalue weighted by molar-refractivity contribution is 0.0983. The lowest BCUT2D eigenvalue weighted by atomic mass is 10.1. The van der Waals surface area contributed by atoms with E-state index in [0.717, 1.165) is 16.1 Å². The van der Waals surface area contributed by atoms with Crippen LogP contribution in [0.2, 0.25) is 0 Å². The molecule has 1 heterocycles. The molecule has 0 atom stereocenters. The number of methoxy groups -OCH3 is 1. The van der Waals surface area contributed by atoms with Gasteiger partial charge in [-0.25, -0.2) is 0 Å². The first-order valence-electron chi connectivity index (χ1n) is 10.1. The summed E-state index contributed by atoms with van der Waals surface area (Å²) in [6, 6.07) is 25.4. The number of amides is 1. The number of rotatable bonds is 6. The summed E-state index contributed by atoms with van der Waals surface area (Å²) in [5.74, 6) is 0.427. The summed E-state index contributed by atoms with van der Waals surface area (Å²) in [4.78, 5) is 17.7. The van der Waals surface area contributed by atoms with Gasteiger partial charge in [0.15, 0.2) is 0 Å². The average molecular weight is 436 g/mol. The molecule has 0 saturated carbocycles. The highest BCUT2D eigenvalue weighted by Gasteiger charge is 2.26. The van der Waals surface area contributed by atoms with E-state index in [1.165, 1.54) is 6.21 Å². The molecule has 3 aromatic carbocycles. The zero-order chi connectivity index (χ0) is 23.2. The number of nitriles is 1. The highest BCUT2D eigenvalue weighted by molar-refractivity contribution is 6.06. The monoisotopic (exact) mass is 436 g/mol. The molecule has 162 valence electrons. The van der Waals surface area contributed by atoms with Crippen LogP contribution in [0.4, 0.5) is 5.88 Å². The second-order valence-electron chi connectivity index (χ2n) is 7.15. The summed E-state index contributed by atoms with van der Waals surface area (Å²) < 4.78 is 11.1. The average Bonchev–Trinajstić information content (AvgIpc) is 3.29. The van der Waals surface area contributed by atoms with Crippen LogP contribution in [0.25, 0.3) is 11.5 Å². The van der Waals surface area contributed by atoms with Gasteiger partial charge in [0.1, 0.15) is 11.8 Å². The molecule has 0 spiro atoms. The largest absolute Gasteiger partial charge is 0.497 e. The topological polar surface area (TPSA) is 91.7 Å². The van der Waals surface area contributed by atoms with Crippen molar-refractivity contribution < 1.29 is 13.9 Å².